The predicted octanol–water partition coefficient (Wildman–Crippen LogP) is 4.17. The Labute approximate surface area is 120 Å². The minimum atomic E-state index is -1.50. The molecular formula is C16H15F4N. The fourth-order valence-electron chi connectivity index (χ4n) is 2.60. The van der Waals surface area contributed by atoms with Gasteiger partial charge in [-0.25, -0.2) is 17.6 Å². The van der Waals surface area contributed by atoms with E-state index in [9.17, 15) is 17.6 Å². The van der Waals surface area contributed by atoms with Crippen molar-refractivity contribution in [1.82, 2.24) is 5.32 Å². The second kappa shape index (κ2) is 5.85. The number of hydrogen-bond donors (Lipinski definition) is 1. The molecule has 0 amide bonds. The van der Waals surface area contributed by atoms with Crippen LogP contribution in [0.5, 0.6) is 0 Å². The Kier molecular flexibility index (Phi) is 4.32. The summed E-state index contributed by atoms with van der Waals surface area (Å²) in [6.07, 6.45) is 0. The molecule has 0 bridgehead atoms. The molecule has 1 unspecified atom stereocenters. The average molecular weight is 297 g/mol. The Morgan fingerprint density at radius 1 is 0.857 bits per heavy atom. The number of rotatable bonds is 3. The van der Waals surface area contributed by atoms with Crippen molar-refractivity contribution in [3.8, 4) is 0 Å². The first kappa shape index (κ1) is 15.5. The summed E-state index contributed by atoms with van der Waals surface area (Å²) in [6.45, 7) is 3.43. The topological polar surface area (TPSA) is 12.0 Å². The molecule has 0 aliphatic carbocycles. The molecule has 2 rings (SSSR count). The van der Waals surface area contributed by atoms with Gasteiger partial charge in [0.15, 0.2) is 17.5 Å². The monoisotopic (exact) mass is 297 g/mol. The highest BCUT2D eigenvalue weighted by atomic mass is 19.2. The van der Waals surface area contributed by atoms with Gasteiger partial charge in [-0.2, -0.15) is 0 Å². The van der Waals surface area contributed by atoms with E-state index >= 15 is 0 Å². The Hall–Kier alpha value is -1.88. The summed E-state index contributed by atoms with van der Waals surface area (Å²) in [5.41, 5.74) is 2.25. The van der Waals surface area contributed by atoms with Gasteiger partial charge in [-0.3, -0.25) is 0 Å². The van der Waals surface area contributed by atoms with E-state index in [4.69, 9.17) is 0 Å². The maximum absolute atomic E-state index is 13.4. The molecule has 0 spiro atoms. The lowest BCUT2D eigenvalue weighted by atomic mass is 9.91. The van der Waals surface area contributed by atoms with Crippen LogP contribution in [0, 0.1) is 37.1 Å². The zero-order valence-corrected chi connectivity index (χ0v) is 11.9. The zero-order chi connectivity index (χ0) is 15.7. The van der Waals surface area contributed by atoms with Crippen molar-refractivity contribution in [3.05, 3.63) is 69.8 Å². The first-order valence-corrected chi connectivity index (χ1v) is 6.43. The maximum Gasteiger partial charge on any atom is 0.194 e. The second-order valence-corrected chi connectivity index (χ2v) is 4.97. The molecule has 0 saturated heterocycles. The van der Waals surface area contributed by atoms with Crippen LogP contribution < -0.4 is 5.32 Å². The van der Waals surface area contributed by atoms with Crippen LogP contribution in [0.2, 0.25) is 0 Å². The first-order chi connectivity index (χ1) is 9.85. The van der Waals surface area contributed by atoms with Gasteiger partial charge in [0.1, 0.15) is 5.82 Å². The van der Waals surface area contributed by atoms with E-state index in [1.54, 1.807) is 20.9 Å². The van der Waals surface area contributed by atoms with Gasteiger partial charge in [-0.15, -0.1) is 0 Å². The van der Waals surface area contributed by atoms with Crippen molar-refractivity contribution in [2.24, 2.45) is 0 Å². The van der Waals surface area contributed by atoms with Gasteiger partial charge in [0.25, 0.3) is 0 Å². The maximum atomic E-state index is 13.4. The van der Waals surface area contributed by atoms with Crippen molar-refractivity contribution in [3.63, 3.8) is 0 Å². The summed E-state index contributed by atoms with van der Waals surface area (Å²) in [6, 6.07) is 4.03. The Morgan fingerprint density at radius 2 is 1.33 bits per heavy atom. The molecule has 1 atom stereocenters. The lowest BCUT2D eigenvalue weighted by molar-refractivity contribution is 0.443. The van der Waals surface area contributed by atoms with E-state index in [-0.39, 0.29) is 11.4 Å². The van der Waals surface area contributed by atoms with Crippen molar-refractivity contribution in [2.45, 2.75) is 19.9 Å². The van der Waals surface area contributed by atoms with Gasteiger partial charge in [-0.05, 0) is 67.4 Å². The van der Waals surface area contributed by atoms with E-state index in [2.05, 4.69) is 5.32 Å². The molecule has 0 fully saturated rings. The Balaban J connectivity index is 2.60. The van der Waals surface area contributed by atoms with Gasteiger partial charge >= 0.3 is 0 Å². The lowest BCUT2D eigenvalue weighted by Crippen LogP contribution is -2.20. The van der Waals surface area contributed by atoms with Crippen molar-refractivity contribution >= 4 is 0 Å². The summed E-state index contributed by atoms with van der Waals surface area (Å²) >= 11 is 0. The zero-order valence-electron chi connectivity index (χ0n) is 11.9. The number of aryl methyl sites for hydroxylation is 2. The Morgan fingerprint density at radius 3 is 1.76 bits per heavy atom. The molecule has 1 N–H and O–H groups in total. The molecular weight excluding hydrogens is 282 g/mol. The van der Waals surface area contributed by atoms with Gasteiger partial charge in [0.05, 0.1) is 6.04 Å². The fourth-order valence-corrected chi connectivity index (χ4v) is 2.60. The number of halogens is 4. The largest absolute Gasteiger partial charge is 0.309 e. The molecule has 5 heteroatoms. The molecule has 0 heterocycles. The molecule has 2 aromatic carbocycles. The van der Waals surface area contributed by atoms with Gasteiger partial charge in [0, 0.05) is 0 Å². The summed E-state index contributed by atoms with van der Waals surface area (Å²) in [5.74, 6) is -4.37. The number of hydrogen-bond acceptors (Lipinski definition) is 1. The minimum absolute atomic E-state index is 0.242. The fraction of sp³-hybridized carbons (Fsp3) is 0.250. The smallest absolute Gasteiger partial charge is 0.194 e. The second-order valence-electron chi connectivity index (χ2n) is 4.97. The molecule has 112 valence electrons. The van der Waals surface area contributed by atoms with Gasteiger partial charge in [0.2, 0.25) is 0 Å². The number of nitrogens with one attached hydrogen (secondary N) is 1. The molecule has 0 saturated carbocycles. The van der Waals surface area contributed by atoms with Crippen LogP contribution in [-0.4, -0.2) is 7.05 Å². The molecule has 0 aromatic heterocycles. The molecule has 0 aliphatic heterocycles. The van der Waals surface area contributed by atoms with Gasteiger partial charge < -0.3 is 5.32 Å². The highest BCUT2D eigenvalue weighted by molar-refractivity contribution is 5.42. The van der Waals surface area contributed by atoms with Crippen LogP contribution in [0.25, 0.3) is 0 Å². The standard InChI is InChI=1S/C16H15F4N/c1-8-4-11(17)5-9(2)14(8)16(21-3)10-6-12(18)15(20)13(19)7-10/h4-7,16,21H,1-3H3. The average Bonchev–Trinajstić information content (AvgIpc) is 2.39. The third kappa shape index (κ3) is 2.93. The van der Waals surface area contributed by atoms with Crippen LogP contribution in [0.15, 0.2) is 24.3 Å². The third-order valence-corrected chi connectivity index (χ3v) is 3.48. The lowest BCUT2D eigenvalue weighted by Gasteiger charge is -2.22. The minimum Gasteiger partial charge on any atom is -0.309 e. The Bertz CT molecular complexity index is 636. The van der Waals surface area contributed by atoms with E-state index < -0.39 is 23.5 Å². The molecule has 0 radical (unpaired) electrons. The van der Waals surface area contributed by atoms with Crippen molar-refractivity contribution in [1.29, 1.82) is 0 Å². The highest BCUT2D eigenvalue weighted by Gasteiger charge is 2.21. The van der Waals surface area contributed by atoms with E-state index in [0.29, 0.717) is 16.7 Å². The van der Waals surface area contributed by atoms with Crippen molar-refractivity contribution in [2.75, 3.05) is 7.05 Å². The summed E-state index contributed by atoms with van der Waals surface area (Å²) in [4.78, 5) is 0. The summed E-state index contributed by atoms with van der Waals surface area (Å²) < 4.78 is 53.3. The molecule has 0 aliphatic rings. The first-order valence-electron chi connectivity index (χ1n) is 6.43. The third-order valence-electron chi connectivity index (χ3n) is 3.48. The molecule has 2 aromatic rings. The summed E-state index contributed by atoms with van der Waals surface area (Å²) in [5, 5.41) is 2.93. The van der Waals surface area contributed by atoms with Crippen LogP contribution in [0.3, 0.4) is 0 Å². The normalized spacial score (nSPS) is 12.5. The predicted molar refractivity (Wildman–Crippen MR) is 73.1 cm³/mol. The van der Waals surface area contributed by atoms with E-state index in [0.717, 1.165) is 12.1 Å². The molecule has 21 heavy (non-hydrogen) atoms. The van der Waals surface area contributed by atoms with E-state index in [1.165, 1.54) is 12.1 Å². The highest BCUT2D eigenvalue weighted by Crippen LogP contribution is 2.30. The van der Waals surface area contributed by atoms with Crippen LogP contribution >= 0.6 is 0 Å². The van der Waals surface area contributed by atoms with Gasteiger partial charge in [-0.1, -0.05) is 0 Å². The number of benzene rings is 2. The quantitative estimate of drug-likeness (QED) is 0.662. The van der Waals surface area contributed by atoms with Crippen molar-refractivity contribution < 1.29 is 17.6 Å². The molecule has 1 nitrogen and oxygen atoms in total. The van der Waals surface area contributed by atoms with Crippen LogP contribution in [0.4, 0.5) is 17.6 Å². The summed E-state index contributed by atoms with van der Waals surface area (Å²) in [7, 11) is 1.62. The van der Waals surface area contributed by atoms with E-state index in [1.807, 2.05) is 0 Å². The van der Waals surface area contributed by atoms with Crippen LogP contribution in [-0.2, 0) is 0 Å². The SMILES string of the molecule is CNC(c1cc(F)c(F)c(F)c1)c1c(C)cc(F)cc1C. The van der Waals surface area contributed by atoms with Crippen LogP contribution in [0.1, 0.15) is 28.3 Å².